The Morgan fingerprint density at radius 1 is 1.17 bits per heavy atom. The largest absolute Gasteiger partial charge is 0.379 e. The molecule has 1 amide bonds. The highest BCUT2D eigenvalue weighted by Crippen LogP contribution is 2.19. The second kappa shape index (κ2) is 9.70. The van der Waals surface area contributed by atoms with Crippen molar-refractivity contribution in [1.82, 2.24) is 14.5 Å². The topological polar surface area (TPSA) is 79.0 Å². The first-order valence-electron chi connectivity index (χ1n) is 9.06. The summed E-state index contributed by atoms with van der Waals surface area (Å²) in [6.45, 7) is 7.23. The molecule has 2 heterocycles. The van der Waals surface area contributed by atoms with Gasteiger partial charge in [-0.1, -0.05) is 13.3 Å². The van der Waals surface area contributed by atoms with Crippen LogP contribution in [0, 0.1) is 5.92 Å². The number of morpholine rings is 1. The van der Waals surface area contributed by atoms with Crippen LogP contribution < -0.4 is 5.32 Å². The van der Waals surface area contributed by atoms with Crippen molar-refractivity contribution < 1.29 is 17.9 Å². The number of piperidine rings is 1. The van der Waals surface area contributed by atoms with E-state index in [0.29, 0.717) is 45.3 Å². The third-order valence-electron chi connectivity index (χ3n) is 4.78. The van der Waals surface area contributed by atoms with Crippen LogP contribution >= 0.6 is 0 Å². The third-order valence-corrected chi connectivity index (χ3v) is 6.74. The summed E-state index contributed by atoms with van der Waals surface area (Å²) in [5.41, 5.74) is 0. The van der Waals surface area contributed by atoms with Crippen LogP contribution in [0.1, 0.15) is 32.6 Å². The number of carbonyl (C=O) groups is 1. The fourth-order valence-electron chi connectivity index (χ4n) is 3.12. The van der Waals surface area contributed by atoms with Crippen molar-refractivity contribution in [3.63, 3.8) is 0 Å². The Kier molecular flexibility index (Phi) is 7.93. The summed E-state index contributed by atoms with van der Waals surface area (Å²) in [4.78, 5) is 14.1. The van der Waals surface area contributed by atoms with Gasteiger partial charge in [-0.25, -0.2) is 12.7 Å². The molecule has 0 aromatic heterocycles. The summed E-state index contributed by atoms with van der Waals surface area (Å²) in [6, 6.07) is 0. The lowest BCUT2D eigenvalue weighted by atomic mass is 9.98. The Hall–Kier alpha value is -0.700. The van der Waals surface area contributed by atoms with Gasteiger partial charge in [0.15, 0.2) is 0 Å². The van der Waals surface area contributed by atoms with E-state index in [-0.39, 0.29) is 11.7 Å². The van der Waals surface area contributed by atoms with E-state index in [0.717, 1.165) is 38.8 Å². The maximum Gasteiger partial charge on any atom is 0.234 e. The van der Waals surface area contributed by atoms with Crippen molar-refractivity contribution in [2.24, 2.45) is 5.92 Å². The zero-order valence-corrected chi connectivity index (χ0v) is 15.5. The number of hydrogen-bond donors (Lipinski definition) is 1. The number of hydrogen-bond acceptors (Lipinski definition) is 5. The zero-order chi connectivity index (χ0) is 17.4. The first kappa shape index (κ1) is 19.6. The van der Waals surface area contributed by atoms with Crippen molar-refractivity contribution in [1.29, 1.82) is 0 Å². The number of amides is 1. The van der Waals surface area contributed by atoms with Gasteiger partial charge in [0.2, 0.25) is 15.9 Å². The molecule has 0 aromatic rings. The minimum atomic E-state index is -3.09. The van der Waals surface area contributed by atoms with Gasteiger partial charge in [0.05, 0.1) is 25.5 Å². The summed E-state index contributed by atoms with van der Waals surface area (Å²) in [6.07, 6.45) is 3.26. The highest BCUT2D eigenvalue weighted by molar-refractivity contribution is 7.89. The second-order valence-corrected chi connectivity index (χ2v) is 8.79. The van der Waals surface area contributed by atoms with E-state index in [1.807, 2.05) is 6.92 Å². The van der Waals surface area contributed by atoms with Gasteiger partial charge in [0.1, 0.15) is 0 Å². The molecule has 140 valence electrons. The molecular formula is C16H31N3O4S. The van der Waals surface area contributed by atoms with Crippen molar-refractivity contribution >= 4 is 15.9 Å². The van der Waals surface area contributed by atoms with Crippen LogP contribution in [0.4, 0.5) is 0 Å². The van der Waals surface area contributed by atoms with Crippen molar-refractivity contribution in [3.8, 4) is 0 Å². The zero-order valence-electron chi connectivity index (χ0n) is 14.7. The van der Waals surface area contributed by atoms with E-state index in [1.165, 1.54) is 0 Å². The third kappa shape index (κ3) is 6.31. The Morgan fingerprint density at radius 3 is 2.46 bits per heavy atom. The average molecular weight is 362 g/mol. The van der Waals surface area contributed by atoms with Crippen molar-refractivity contribution in [2.45, 2.75) is 32.6 Å². The summed E-state index contributed by atoms with van der Waals surface area (Å²) in [5, 5.41) is 3.00. The number of carbonyl (C=O) groups excluding carboxylic acids is 1. The smallest absolute Gasteiger partial charge is 0.234 e. The molecule has 24 heavy (non-hydrogen) atoms. The first-order valence-corrected chi connectivity index (χ1v) is 10.7. The average Bonchev–Trinajstić information content (AvgIpc) is 2.59. The summed E-state index contributed by atoms with van der Waals surface area (Å²) in [7, 11) is -3.09. The fraction of sp³-hybridized carbons (Fsp3) is 0.938. The van der Waals surface area contributed by atoms with E-state index >= 15 is 0 Å². The minimum Gasteiger partial charge on any atom is -0.379 e. The molecule has 0 unspecified atom stereocenters. The molecule has 7 nitrogen and oxygen atoms in total. The predicted molar refractivity (Wildman–Crippen MR) is 93.3 cm³/mol. The standard InChI is InChI=1S/C16H31N3O4S/c1-2-3-12-24(21,22)19-6-4-15(5-7-19)13-17-16(20)14-18-8-10-23-11-9-18/h15H,2-14H2,1H3,(H,17,20). The Balaban J connectivity index is 1.64. The number of ether oxygens (including phenoxy) is 1. The van der Waals surface area contributed by atoms with Gasteiger partial charge in [-0.2, -0.15) is 0 Å². The van der Waals surface area contributed by atoms with E-state index in [9.17, 15) is 13.2 Å². The molecule has 2 saturated heterocycles. The van der Waals surface area contributed by atoms with Crippen LogP contribution in [-0.2, 0) is 19.6 Å². The molecule has 0 radical (unpaired) electrons. The van der Waals surface area contributed by atoms with Crippen LogP contribution in [0.15, 0.2) is 0 Å². The monoisotopic (exact) mass is 361 g/mol. The lowest BCUT2D eigenvalue weighted by Gasteiger charge is -2.31. The maximum absolute atomic E-state index is 12.2. The quantitative estimate of drug-likeness (QED) is 0.672. The molecule has 0 aromatic carbocycles. The Morgan fingerprint density at radius 2 is 1.83 bits per heavy atom. The highest BCUT2D eigenvalue weighted by atomic mass is 32.2. The van der Waals surface area contributed by atoms with Crippen LogP contribution in [0.3, 0.4) is 0 Å². The summed E-state index contributed by atoms with van der Waals surface area (Å²) < 4.78 is 31.2. The second-order valence-electron chi connectivity index (χ2n) is 6.70. The lowest BCUT2D eigenvalue weighted by Crippen LogP contribution is -2.45. The van der Waals surface area contributed by atoms with Gasteiger partial charge in [0, 0.05) is 32.7 Å². The van der Waals surface area contributed by atoms with Crippen LogP contribution in [-0.4, -0.2) is 81.8 Å². The molecule has 1 N–H and O–H groups in total. The van der Waals surface area contributed by atoms with Crippen LogP contribution in [0.2, 0.25) is 0 Å². The highest BCUT2D eigenvalue weighted by Gasteiger charge is 2.27. The molecule has 0 spiro atoms. The molecule has 0 saturated carbocycles. The molecule has 2 aliphatic heterocycles. The molecule has 2 rings (SSSR count). The van der Waals surface area contributed by atoms with Gasteiger partial charge in [-0.15, -0.1) is 0 Å². The van der Waals surface area contributed by atoms with Crippen molar-refractivity contribution in [2.75, 3.05) is 58.2 Å². The molecule has 2 fully saturated rings. The molecule has 0 bridgehead atoms. The van der Waals surface area contributed by atoms with E-state index in [2.05, 4.69) is 10.2 Å². The van der Waals surface area contributed by atoms with Gasteiger partial charge in [0.25, 0.3) is 0 Å². The number of nitrogens with zero attached hydrogens (tertiary/aromatic N) is 2. The number of sulfonamides is 1. The molecule has 2 aliphatic rings. The SMILES string of the molecule is CCCCS(=O)(=O)N1CCC(CNC(=O)CN2CCOCC2)CC1. The number of nitrogens with one attached hydrogen (secondary N) is 1. The van der Waals surface area contributed by atoms with Crippen molar-refractivity contribution in [3.05, 3.63) is 0 Å². The Bertz CT molecular complexity index is 484. The Labute approximate surface area is 145 Å². The fourth-order valence-corrected chi connectivity index (χ4v) is 4.80. The van der Waals surface area contributed by atoms with Gasteiger partial charge >= 0.3 is 0 Å². The summed E-state index contributed by atoms with van der Waals surface area (Å²) >= 11 is 0. The van der Waals surface area contributed by atoms with Gasteiger partial charge in [-0.3, -0.25) is 9.69 Å². The van der Waals surface area contributed by atoms with E-state index in [1.54, 1.807) is 4.31 Å². The van der Waals surface area contributed by atoms with Gasteiger partial charge < -0.3 is 10.1 Å². The van der Waals surface area contributed by atoms with Crippen LogP contribution in [0.5, 0.6) is 0 Å². The lowest BCUT2D eigenvalue weighted by molar-refractivity contribution is -0.123. The first-order chi connectivity index (χ1) is 11.5. The van der Waals surface area contributed by atoms with E-state index < -0.39 is 10.0 Å². The number of rotatable bonds is 8. The molecule has 0 atom stereocenters. The minimum absolute atomic E-state index is 0.0508. The molecule has 0 aliphatic carbocycles. The molecular weight excluding hydrogens is 330 g/mol. The van der Waals surface area contributed by atoms with Crippen LogP contribution in [0.25, 0.3) is 0 Å². The predicted octanol–water partition coefficient (Wildman–Crippen LogP) is 0.277. The van der Waals surface area contributed by atoms with E-state index in [4.69, 9.17) is 4.74 Å². The summed E-state index contributed by atoms with van der Waals surface area (Å²) in [5.74, 6) is 0.677. The van der Waals surface area contributed by atoms with Gasteiger partial charge in [-0.05, 0) is 25.2 Å². The number of unbranched alkanes of at least 4 members (excludes halogenated alkanes) is 1. The molecule has 8 heteroatoms. The maximum atomic E-state index is 12.2. The normalized spacial score (nSPS) is 21.7.